The van der Waals surface area contributed by atoms with Crippen LogP contribution >= 0.6 is 27.0 Å². The Balaban J connectivity index is -0.0000000743. The maximum atomic E-state index is 10.1. The van der Waals surface area contributed by atoms with Gasteiger partial charge >= 0.3 is 6.16 Å². The van der Waals surface area contributed by atoms with Crippen molar-refractivity contribution in [3.05, 3.63) is 119 Å². The molecule has 0 aliphatic rings. The van der Waals surface area contributed by atoms with Crippen molar-refractivity contribution < 1.29 is 19.9 Å². The summed E-state index contributed by atoms with van der Waals surface area (Å²) in [5.41, 5.74) is 31.8. The summed E-state index contributed by atoms with van der Waals surface area (Å²) >= 11 is 0. The number of nitrogen functional groups attached to an aromatic ring is 5. The van der Waals surface area contributed by atoms with Gasteiger partial charge in [-0.25, -0.2) is 4.79 Å². The van der Waals surface area contributed by atoms with Gasteiger partial charge in [0.1, 0.15) is 0 Å². The molecule has 0 amide bonds. The summed E-state index contributed by atoms with van der Waals surface area (Å²) in [6.07, 6.45) is -1.83. The molecule has 0 bridgehead atoms. The van der Waals surface area contributed by atoms with Crippen molar-refractivity contribution in [1.29, 1.82) is 0 Å². The molecule has 11 nitrogen and oxygen atoms in total. The Morgan fingerprint density at radius 3 is 1.00 bits per heavy atom. The van der Waals surface area contributed by atoms with Crippen LogP contribution in [0.4, 0.5) is 38.9 Å². The third-order valence-electron chi connectivity index (χ3n) is 3.92. The standard InChI is InChI=1S/C7H9N.C6H6N2O2.C6H8N2.C6H7N.CH2O3.4Na.2H2S/c1-6-2-4-7(8)5-3-6;7-5-1-3-6(4-2-5)8(9)10;7-5-1-2-6(8)4-3-5;7-6-4-2-1-3-5-6;2-1(3)4;;;;;;/h2-5H,8H2,1H3;1-4H,7H2;1-4H,7-8H2;1-5H,7H2;(H2,2,3,4);;;;;2*1H2. The zero-order chi connectivity index (χ0) is 28.2. The predicted molar refractivity (Wildman–Crippen MR) is 194 cm³/mol. The summed E-state index contributed by atoms with van der Waals surface area (Å²) < 4.78 is 0. The summed E-state index contributed by atoms with van der Waals surface area (Å²) in [6, 6.07) is 30.1. The van der Waals surface area contributed by atoms with Crippen LogP contribution in [0, 0.1) is 17.0 Å². The Hall–Kier alpha value is -0.750. The molecule has 0 spiro atoms. The molecule has 0 aliphatic carbocycles. The van der Waals surface area contributed by atoms with Crippen LogP contribution < -0.4 is 28.7 Å². The zero-order valence-electron chi connectivity index (χ0n) is 25.3. The molecular formula is C26H36N6Na4O5S2. The quantitative estimate of drug-likeness (QED) is 0.0671. The minimum Gasteiger partial charge on any atom is -0.450 e. The average molecular weight is 669 g/mol. The van der Waals surface area contributed by atoms with Gasteiger partial charge in [0.15, 0.2) is 0 Å². The SMILES string of the molecule is Cc1ccc(N)cc1.Nc1ccc(N)cc1.Nc1ccc([N+](=O)[O-])cc1.Nc1ccccc1.O=C(O)O.S.S.[Na].[Na].[Na].[Na]. The minimum absolute atomic E-state index is 0. The van der Waals surface area contributed by atoms with E-state index >= 15 is 0 Å². The van der Waals surface area contributed by atoms with Crippen LogP contribution in [-0.4, -0.2) is 140 Å². The van der Waals surface area contributed by atoms with Gasteiger partial charge in [-0.05, 0) is 67.6 Å². The van der Waals surface area contributed by atoms with E-state index in [-0.39, 0.29) is 151 Å². The number of carboxylic acid groups (broad SMARTS) is 2. The minimum atomic E-state index is -1.83. The van der Waals surface area contributed by atoms with E-state index < -0.39 is 11.1 Å². The Morgan fingerprint density at radius 2 is 0.791 bits per heavy atom. The van der Waals surface area contributed by atoms with Crippen molar-refractivity contribution in [2.24, 2.45) is 0 Å². The van der Waals surface area contributed by atoms with Gasteiger partial charge in [0.05, 0.1) is 4.92 Å². The van der Waals surface area contributed by atoms with Crippen LogP contribution in [0.1, 0.15) is 5.56 Å². The molecule has 0 heterocycles. The summed E-state index contributed by atoms with van der Waals surface area (Å²) in [4.78, 5) is 18.2. The van der Waals surface area contributed by atoms with Gasteiger partial charge in [-0.1, -0.05) is 35.9 Å². The number of hydrogen-bond donors (Lipinski definition) is 7. The van der Waals surface area contributed by atoms with Crippen LogP contribution in [-0.2, 0) is 0 Å². The van der Waals surface area contributed by atoms with Crippen molar-refractivity contribution in [1.82, 2.24) is 0 Å². The molecule has 216 valence electrons. The number of carbonyl (C=O) groups is 1. The van der Waals surface area contributed by atoms with E-state index in [4.69, 9.17) is 43.7 Å². The molecule has 0 atom stereocenters. The molecule has 0 saturated heterocycles. The molecule has 4 rings (SSSR count). The second-order valence-electron chi connectivity index (χ2n) is 7.12. The van der Waals surface area contributed by atoms with Crippen molar-refractivity contribution in [3.8, 4) is 0 Å². The number of benzene rings is 4. The topological polar surface area (TPSA) is 231 Å². The second-order valence-corrected chi connectivity index (χ2v) is 7.12. The van der Waals surface area contributed by atoms with Gasteiger partial charge in [0.25, 0.3) is 5.69 Å². The van der Waals surface area contributed by atoms with Crippen LogP contribution in [0.2, 0.25) is 0 Å². The maximum Gasteiger partial charge on any atom is 0.503 e. The number of nitro benzene ring substituents is 1. The first-order valence-corrected chi connectivity index (χ1v) is 10.6. The Kier molecular flexibility index (Phi) is 48.1. The molecule has 12 N–H and O–H groups in total. The predicted octanol–water partition coefficient (Wildman–Crippen LogP) is 3.80. The molecular weight excluding hydrogens is 632 g/mol. The Labute approximate surface area is 354 Å². The van der Waals surface area contributed by atoms with Gasteiger partial charge in [-0.15, -0.1) is 0 Å². The van der Waals surface area contributed by atoms with Crippen molar-refractivity contribution in [2.75, 3.05) is 28.7 Å². The molecule has 4 aromatic carbocycles. The first-order valence-electron chi connectivity index (χ1n) is 10.6. The summed E-state index contributed by atoms with van der Waals surface area (Å²) in [5.74, 6) is 0. The number of aryl methyl sites for hydroxylation is 1. The third-order valence-corrected chi connectivity index (χ3v) is 3.92. The third kappa shape index (κ3) is 37.3. The average Bonchev–Trinajstić information content (AvgIpc) is 2.84. The Bertz CT molecular complexity index is 1110. The molecule has 17 heteroatoms. The normalized spacial score (nSPS) is 7.47. The van der Waals surface area contributed by atoms with E-state index in [2.05, 4.69) is 0 Å². The number of non-ortho nitro benzene ring substituents is 1. The zero-order valence-corrected chi connectivity index (χ0v) is 35.3. The molecule has 4 aromatic rings. The van der Waals surface area contributed by atoms with E-state index in [1.54, 1.807) is 24.3 Å². The fraction of sp³-hybridized carbons (Fsp3) is 0.0385. The van der Waals surface area contributed by atoms with Crippen LogP contribution in [0.25, 0.3) is 0 Å². The second kappa shape index (κ2) is 35.7. The number of rotatable bonds is 1. The molecule has 0 fully saturated rings. The first-order chi connectivity index (χ1) is 17.4. The number of para-hydroxylation sites is 1. The van der Waals surface area contributed by atoms with Crippen LogP contribution in [0.15, 0.2) is 103 Å². The van der Waals surface area contributed by atoms with Gasteiger partial charge in [-0.3, -0.25) is 10.1 Å². The van der Waals surface area contributed by atoms with Gasteiger partial charge in [-0.2, -0.15) is 27.0 Å². The molecule has 0 unspecified atom stereocenters. The van der Waals surface area contributed by atoms with E-state index in [0.717, 1.165) is 22.7 Å². The van der Waals surface area contributed by atoms with Crippen molar-refractivity contribution >= 4 is 186 Å². The van der Waals surface area contributed by atoms with Gasteiger partial charge in [0.2, 0.25) is 0 Å². The number of nitrogens with two attached hydrogens (primary N) is 5. The van der Waals surface area contributed by atoms with Crippen LogP contribution in [0.3, 0.4) is 0 Å². The molecule has 0 aliphatic heterocycles. The monoisotopic (exact) mass is 668 g/mol. The maximum absolute atomic E-state index is 10.1. The van der Waals surface area contributed by atoms with Crippen LogP contribution in [0.5, 0.6) is 0 Å². The summed E-state index contributed by atoms with van der Waals surface area (Å²) in [5, 5.41) is 24.0. The largest absolute Gasteiger partial charge is 0.503 e. The summed E-state index contributed by atoms with van der Waals surface area (Å²) in [6.45, 7) is 2.04. The number of hydrogen-bond acceptors (Lipinski definition) is 8. The van der Waals surface area contributed by atoms with E-state index in [1.165, 1.54) is 29.8 Å². The summed E-state index contributed by atoms with van der Waals surface area (Å²) in [7, 11) is 0. The van der Waals surface area contributed by atoms with Crippen molar-refractivity contribution in [3.63, 3.8) is 0 Å². The first kappa shape index (κ1) is 57.9. The number of nitrogens with zero attached hydrogens (tertiary/aromatic N) is 1. The van der Waals surface area contributed by atoms with Crippen molar-refractivity contribution in [2.45, 2.75) is 6.92 Å². The molecule has 4 radical (unpaired) electrons. The fourth-order valence-electron chi connectivity index (χ4n) is 2.11. The molecule has 43 heavy (non-hydrogen) atoms. The van der Waals surface area contributed by atoms with E-state index in [9.17, 15) is 10.1 Å². The Morgan fingerprint density at radius 1 is 0.558 bits per heavy atom. The van der Waals surface area contributed by atoms with E-state index in [1.807, 2.05) is 61.5 Å². The van der Waals surface area contributed by atoms with Gasteiger partial charge in [0, 0.05) is 159 Å². The fourth-order valence-corrected chi connectivity index (χ4v) is 2.11. The number of nitro groups is 1. The smallest absolute Gasteiger partial charge is 0.450 e. The van der Waals surface area contributed by atoms with E-state index in [0.29, 0.717) is 5.69 Å². The molecule has 0 saturated carbocycles. The number of anilines is 5. The van der Waals surface area contributed by atoms with Gasteiger partial charge < -0.3 is 38.9 Å². The molecule has 0 aromatic heterocycles.